The fourth-order valence-corrected chi connectivity index (χ4v) is 1.51. The number of aromatic nitrogens is 4. The van der Waals surface area contributed by atoms with Crippen LogP contribution in [0.15, 0.2) is 47.8 Å². The Morgan fingerprint density at radius 1 is 1.16 bits per heavy atom. The van der Waals surface area contributed by atoms with Crippen LogP contribution < -0.4 is 5.43 Å². The molecule has 0 saturated carbocycles. The van der Waals surface area contributed by atoms with Gasteiger partial charge >= 0.3 is 0 Å². The Kier molecular flexibility index (Phi) is 2.85. The first-order valence-electron chi connectivity index (χ1n) is 5.53. The third-order valence-electron chi connectivity index (χ3n) is 2.42. The Labute approximate surface area is 107 Å². The molecule has 2 heterocycles. The third kappa shape index (κ3) is 2.54. The van der Waals surface area contributed by atoms with Crippen LogP contribution in [0.3, 0.4) is 0 Å². The molecule has 7 heteroatoms. The van der Waals surface area contributed by atoms with Crippen molar-refractivity contribution >= 4 is 17.7 Å². The largest absolute Gasteiger partial charge is 0.260 e. The van der Waals surface area contributed by atoms with Crippen molar-refractivity contribution in [1.29, 1.82) is 0 Å². The number of halogens is 1. The molecule has 0 amide bonds. The summed E-state index contributed by atoms with van der Waals surface area (Å²) in [5.41, 5.74) is 4.23. The summed E-state index contributed by atoms with van der Waals surface area (Å²) in [7, 11) is 0. The van der Waals surface area contributed by atoms with E-state index in [0.717, 1.165) is 5.56 Å². The maximum Gasteiger partial charge on any atom is 0.177 e. The van der Waals surface area contributed by atoms with Gasteiger partial charge in [-0.1, -0.05) is 12.1 Å². The van der Waals surface area contributed by atoms with E-state index in [-0.39, 0.29) is 5.82 Å². The number of hydrogen-bond acceptors (Lipinski definition) is 5. The summed E-state index contributed by atoms with van der Waals surface area (Å²) in [4.78, 5) is 0. The van der Waals surface area contributed by atoms with Gasteiger partial charge in [-0.3, -0.25) is 5.43 Å². The first-order valence-corrected chi connectivity index (χ1v) is 5.53. The number of nitrogens with one attached hydrogen (secondary N) is 1. The highest BCUT2D eigenvalue weighted by molar-refractivity contribution is 5.79. The van der Waals surface area contributed by atoms with Crippen molar-refractivity contribution in [3.05, 3.63) is 54.1 Å². The van der Waals surface area contributed by atoms with E-state index in [4.69, 9.17) is 0 Å². The zero-order valence-electron chi connectivity index (χ0n) is 9.73. The minimum absolute atomic E-state index is 0.273. The molecule has 0 saturated heterocycles. The number of fused-ring (bicyclic) bond motifs is 1. The SMILES string of the molecule is Fc1ccc(/C=N\Nc2ccc3nncn3n2)cc1. The highest BCUT2D eigenvalue weighted by atomic mass is 19.1. The number of anilines is 1. The molecule has 0 aliphatic carbocycles. The van der Waals surface area contributed by atoms with Crippen molar-refractivity contribution in [3.8, 4) is 0 Å². The Bertz CT molecular complexity index is 718. The predicted molar refractivity (Wildman–Crippen MR) is 68.4 cm³/mol. The Hall–Kier alpha value is -2.83. The molecule has 0 fully saturated rings. The highest BCUT2D eigenvalue weighted by Gasteiger charge is 1.97. The predicted octanol–water partition coefficient (Wildman–Crippen LogP) is 1.71. The van der Waals surface area contributed by atoms with Crippen molar-refractivity contribution < 1.29 is 4.39 Å². The normalized spacial score (nSPS) is 11.2. The molecule has 0 aliphatic heterocycles. The van der Waals surface area contributed by atoms with Crippen LogP contribution >= 0.6 is 0 Å². The van der Waals surface area contributed by atoms with E-state index in [2.05, 4.69) is 25.8 Å². The van der Waals surface area contributed by atoms with E-state index in [0.29, 0.717) is 11.5 Å². The van der Waals surface area contributed by atoms with Crippen LogP contribution in [-0.2, 0) is 0 Å². The molecule has 1 aromatic carbocycles. The fraction of sp³-hybridized carbons (Fsp3) is 0. The summed E-state index contributed by atoms with van der Waals surface area (Å²) in [6.45, 7) is 0. The van der Waals surface area contributed by atoms with E-state index in [1.165, 1.54) is 23.0 Å². The van der Waals surface area contributed by atoms with E-state index in [1.54, 1.807) is 30.5 Å². The van der Waals surface area contributed by atoms with Gasteiger partial charge in [0, 0.05) is 0 Å². The molecule has 0 spiro atoms. The van der Waals surface area contributed by atoms with E-state index < -0.39 is 0 Å². The lowest BCUT2D eigenvalue weighted by atomic mass is 10.2. The number of nitrogens with zero attached hydrogens (tertiary/aromatic N) is 5. The van der Waals surface area contributed by atoms with Gasteiger partial charge in [0.25, 0.3) is 0 Å². The van der Waals surface area contributed by atoms with Crippen molar-refractivity contribution in [1.82, 2.24) is 19.8 Å². The summed E-state index contributed by atoms with van der Waals surface area (Å²) in [5, 5.41) is 15.8. The Morgan fingerprint density at radius 3 is 2.84 bits per heavy atom. The summed E-state index contributed by atoms with van der Waals surface area (Å²) in [6, 6.07) is 9.54. The number of benzene rings is 1. The molecule has 94 valence electrons. The summed E-state index contributed by atoms with van der Waals surface area (Å²) < 4.78 is 14.2. The number of hydrogen-bond donors (Lipinski definition) is 1. The molecule has 0 unspecified atom stereocenters. The van der Waals surface area contributed by atoms with E-state index in [9.17, 15) is 4.39 Å². The van der Waals surface area contributed by atoms with Crippen LogP contribution in [0, 0.1) is 5.82 Å². The summed E-state index contributed by atoms with van der Waals surface area (Å²) >= 11 is 0. The van der Waals surface area contributed by atoms with Gasteiger partial charge in [-0.2, -0.15) is 9.62 Å². The zero-order valence-corrected chi connectivity index (χ0v) is 9.73. The van der Waals surface area contributed by atoms with Crippen LogP contribution in [0.25, 0.3) is 5.65 Å². The Balaban J connectivity index is 1.72. The highest BCUT2D eigenvalue weighted by Crippen LogP contribution is 2.04. The van der Waals surface area contributed by atoms with Crippen LogP contribution in [-0.4, -0.2) is 26.0 Å². The number of hydrazone groups is 1. The molecule has 0 atom stereocenters. The minimum atomic E-state index is -0.273. The first kappa shape index (κ1) is 11.3. The van der Waals surface area contributed by atoms with Gasteiger partial charge in [-0.25, -0.2) is 4.39 Å². The van der Waals surface area contributed by atoms with Gasteiger partial charge in [0.15, 0.2) is 11.5 Å². The monoisotopic (exact) mass is 256 g/mol. The Morgan fingerprint density at radius 2 is 2.00 bits per heavy atom. The van der Waals surface area contributed by atoms with Crippen LogP contribution in [0.5, 0.6) is 0 Å². The molecule has 19 heavy (non-hydrogen) atoms. The molecule has 3 rings (SSSR count). The number of rotatable bonds is 3. The topological polar surface area (TPSA) is 67.5 Å². The second-order valence-electron chi connectivity index (χ2n) is 3.77. The van der Waals surface area contributed by atoms with Gasteiger partial charge in [0.05, 0.1) is 6.21 Å². The maximum atomic E-state index is 12.7. The fourth-order valence-electron chi connectivity index (χ4n) is 1.51. The van der Waals surface area contributed by atoms with E-state index in [1.807, 2.05) is 0 Å². The lowest BCUT2D eigenvalue weighted by Gasteiger charge is -1.99. The molecule has 6 nitrogen and oxygen atoms in total. The molecular weight excluding hydrogens is 247 g/mol. The lowest BCUT2D eigenvalue weighted by molar-refractivity contribution is 0.628. The first-order chi connectivity index (χ1) is 9.31. The van der Waals surface area contributed by atoms with Gasteiger partial charge in [0.1, 0.15) is 12.1 Å². The van der Waals surface area contributed by atoms with Gasteiger partial charge in [0.2, 0.25) is 0 Å². The van der Waals surface area contributed by atoms with Crippen LogP contribution in [0.2, 0.25) is 0 Å². The average molecular weight is 256 g/mol. The summed E-state index contributed by atoms with van der Waals surface area (Å²) in [6.07, 6.45) is 3.08. The minimum Gasteiger partial charge on any atom is -0.260 e. The van der Waals surface area contributed by atoms with Crippen molar-refractivity contribution in [2.75, 3.05) is 5.43 Å². The average Bonchev–Trinajstić information content (AvgIpc) is 2.88. The summed E-state index contributed by atoms with van der Waals surface area (Å²) in [5.74, 6) is 0.287. The second kappa shape index (κ2) is 4.81. The third-order valence-corrected chi connectivity index (χ3v) is 2.42. The van der Waals surface area contributed by atoms with Gasteiger partial charge < -0.3 is 0 Å². The van der Waals surface area contributed by atoms with Crippen LogP contribution in [0.1, 0.15) is 5.56 Å². The van der Waals surface area contributed by atoms with Crippen molar-refractivity contribution in [2.24, 2.45) is 5.10 Å². The second-order valence-corrected chi connectivity index (χ2v) is 3.77. The van der Waals surface area contributed by atoms with Gasteiger partial charge in [-0.15, -0.1) is 15.3 Å². The van der Waals surface area contributed by atoms with Crippen molar-refractivity contribution in [3.63, 3.8) is 0 Å². The molecular formula is C12H9FN6. The van der Waals surface area contributed by atoms with Crippen LogP contribution in [0.4, 0.5) is 10.2 Å². The quantitative estimate of drug-likeness (QED) is 0.572. The molecule has 3 aromatic rings. The maximum absolute atomic E-state index is 12.7. The molecule has 1 N–H and O–H groups in total. The molecule has 0 aliphatic rings. The lowest BCUT2D eigenvalue weighted by Crippen LogP contribution is -1.98. The molecule has 2 aromatic heterocycles. The van der Waals surface area contributed by atoms with Crippen molar-refractivity contribution in [2.45, 2.75) is 0 Å². The van der Waals surface area contributed by atoms with Gasteiger partial charge in [-0.05, 0) is 29.8 Å². The van der Waals surface area contributed by atoms with E-state index >= 15 is 0 Å². The standard InChI is InChI=1S/C12H9FN6/c13-10-3-1-9(2-4-10)7-14-16-11-5-6-12-17-15-8-19(12)18-11/h1-8H,(H,16,18)/b14-7-. The smallest absolute Gasteiger partial charge is 0.177 e. The molecule has 0 radical (unpaired) electrons. The zero-order chi connectivity index (χ0) is 13.1. The molecule has 0 bridgehead atoms.